The van der Waals surface area contributed by atoms with E-state index in [0.29, 0.717) is 6.42 Å². The molecular weight excluding hydrogens is 219 g/mol. The van der Waals surface area contributed by atoms with Gasteiger partial charge in [0.15, 0.2) is 5.00 Å². The Morgan fingerprint density at radius 1 is 1.13 bits per heavy atom. The summed E-state index contributed by atoms with van der Waals surface area (Å²) >= 11 is 0. The van der Waals surface area contributed by atoms with Crippen molar-refractivity contribution in [3.05, 3.63) is 0 Å². The van der Waals surface area contributed by atoms with Crippen LogP contribution in [0, 0.1) is 0 Å². The van der Waals surface area contributed by atoms with E-state index in [2.05, 4.69) is 6.92 Å². The van der Waals surface area contributed by atoms with E-state index in [-0.39, 0.29) is 12.8 Å². The monoisotopic (exact) mass is 239 g/mol. The van der Waals surface area contributed by atoms with Crippen molar-refractivity contribution in [2.45, 2.75) is 63.8 Å². The van der Waals surface area contributed by atoms with Crippen molar-refractivity contribution in [2.24, 2.45) is 0 Å². The van der Waals surface area contributed by atoms with Crippen LogP contribution in [0.5, 0.6) is 0 Å². The zero-order valence-corrected chi connectivity index (χ0v) is 10.3. The van der Waals surface area contributed by atoms with E-state index in [1.165, 1.54) is 6.92 Å². The summed E-state index contributed by atoms with van der Waals surface area (Å²) in [4.78, 5) is 0. The minimum absolute atomic E-state index is 0.168. The second-order valence-electron chi connectivity index (χ2n) is 3.85. The molecule has 0 saturated heterocycles. The molecule has 0 aromatic heterocycles. The Morgan fingerprint density at radius 2 is 1.67 bits per heavy atom. The standard InChI is InChI=1S/C10H21FO3S/c1-3-5-6-7-8-9-10(11,4-2)15(12,13)14/h3-9H2,1-2H3,(H,12,13,14)/p-1. The normalized spacial score (nSPS) is 16.3. The number of hydrogen-bond donors (Lipinski definition) is 0. The predicted octanol–water partition coefficient (Wildman–Crippen LogP) is 2.97. The lowest BCUT2D eigenvalue weighted by Crippen LogP contribution is -2.32. The molecule has 0 aliphatic rings. The fraction of sp³-hybridized carbons (Fsp3) is 1.00. The average molecular weight is 239 g/mol. The van der Waals surface area contributed by atoms with E-state index < -0.39 is 15.1 Å². The molecule has 92 valence electrons. The van der Waals surface area contributed by atoms with Crippen molar-refractivity contribution < 1.29 is 17.4 Å². The lowest BCUT2D eigenvalue weighted by Gasteiger charge is -2.26. The van der Waals surface area contributed by atoms with Gasteiger partial charge < -0.3 is 4.55 Å². The summed E-state index contributed by atoms with van der Waals surface area (Å²) in [5, 5.41) is -2.56. The first kappa shape index (κ1) is 14.8. The Balaban J connectivity index is 4.01. The van der Waals surface area contributed by atoms with Crippen LogP contribution < -0.4 is 0 Å². The topological polar surface area (TPSA) is 57.2 Å². The van der Waals surface area contributed by atoms with Gasteiger partial charge in [-0.25, -0.2) is 12.8 Å². The predicted molar refractivity (Wildman–Crippen MR) is 57.2 cm³/mol. The molecule has 0 aliphatic heterocycles. The molecule has 0 amide bonds. The van der Waals surface area contributed by atoms with E-state index in [9.17, 15) is 17.4 Å². The van der Waals surface area contributed by atoms with Crippen LogP contribution in [0.4, 0.5) is 4.39 Å². The number of rotatable bonds is 8. The molecule has 1 unspecified atom stereocenters. The van der Waals surface area contributed by atoms with Crippen molar-refractivity contribution >= 4 is 10.1 Å². The van der Waals surface area contributed by atoms with Crippen molar-refractivity contribution in [1.29, 1.82) is 0 Å². The lowest BCUT2D eigenvalue weighted by atomic mass is 10.1. The van der Waals surface area contributed by atoms with E-state index >= 15 is 0 Å². The quantitative estimate of drug-likeness (QED) is 0.483. The first-order valence-corrected chi connectivity index (χ1v) is 6.92. The van der Waals surface area contributed by atoms with Gasteiger partial charge in [-0.1, -0.05) is 39.5 Å². The fourth-order valence-electron chi connectivity index (χ4n) is 1.47. The summed E-state index contributed by atoms with van der Waals surface area (Å²) in [7, 11) is -4.82. The Kier molecular flexibility index (Phi) is 6.36. The fourth-order valence-corrected chi connectivity index (χ4v) is 2.22. The minimum Gasteiger partial charge on any atom is -0.745 e. The van der Waals surface area contributed by atoms with Gasteiger partial charge >= 0.3 is 0 Å². The summed E-state index contributed by atoms with van der Waals surface area (Å²) in [6.45, 7) is 3.45. The largest absolute Gasteiger partial charge is 0.745 e. The average Bonchev–Trinajstić information content (AvgIpc) is 2.15. The Morgan fingerprint density at radius 3 is 2.07 bits per heavy atom. The third-order valence-corrected chi connectivity index (χ3v) is 4.02. The first-order valence-electron chi connectivity index (χ1n) is 5.51. The number of hydrogen-bond acceptors (Lipinski definition) is 3. The SMILES string of the molecule is CCCCCCCC(F)(CC)S(=O)(=O)[O-]. The van der Waals surface area contributed by atoms with Crippen LogP contribution >= 0.6 is 0 Å². The Bertz CT molecular complexity index is 264. The highest BCUT2D eigenvalue weighted by Gasteiger charge is 2.34. The molecule has 0 saturated carbocycles. The van der Waals surface area contributed by atoms with Crippen LogP contribution in [0.25, 0.3) is 0 Å². The molecule has 0 radical (unpaired) electrons. The molecule has 0 heterocycles. The smallest absolute Gasteiger partial charge is 0.198 e. The third-order valence-electron chi connectivity index (χ3n) is 2.63. The maximum atomic E-state index is 13.6. The molecule has 0 spiro atoms. The maximum Gasteiger partial charge on any atom is 0.198 e. The van der Waals surface area contributed by atoms with Gasteiger partial charge in [-0.2, -0.15) is 0 Å². The molecule has 0 aromatic carbocycles. The Labute approximate surface area is 91.8 Å². The minimum atomic E-state index is -4.82. The van der Waals surface area contributed by atoms with Gasteiger partial charge in [0.1, 0.15) is 10.1 Å². The first-order chi connectivity index (χ1) is 6.87. The van der Waals surface area contributed by atoms with Crippen molar-refractivity contribution in [3.8, 4) is 0 Å². The molecule has 0 N–H and O–H groups in total. The van der Waals surface area contributed by atoms with Crippen LogP contribution in [0.3, 0.4) is 0 Å². The number of halogens is 1. The van der Waals surface area contributed by atoms with Crippen LogP contribution in [-0.4, -0.2) is 18.0 Å². The van der Waals surface area contributed by atoms with E-state index in [0.717, 1.165) is 25.7 Å². The van der Waals surface area contributed by atoms with E-state index in [1.807, 2.05) is 0 Å². The van der Waals surface area contributed by atoms with Gasteiger partial charge in [0.2, 0.25) is 0 Å². The summed E-state index contributed by atoms with van der Waals surface area (Å²) in [6.07, 6.45) is 3.94. The highest BCUT2D eigenvalue weighted by molar-refractivity contribution is 7.87. The zero-order valence-electron chi connectivity index (χ0n) is 9.46. The molecule has 5 heteroatoms. The molecule has 3 nitrogen and oxygen atoms in total. The Hall–Kier alpha value is -0.160. The van der Waals surface area contributed by atoms with Gasteiger partial charge in [-0.15, -0.1) is 0 Å². The van der Waals surface area contributed by atoms with Crippen molar-refractivity contribution in [3.63, 3.8) is 0 Å². The van der Waals surface area contributed by atoms with Crippen LogP contribution in [0.15, 0.2) is 0 Å². The molecule has 0 aromatic rings. The number of alkyl halides is 1. The summed E-state index contributed by atoms with van der Waals surface area (Å²) < 4.78 is 45.7. The van der Waals surface area contributed by atoms with E-state index in [4.69, 9.17) is 0 Å². The summed E-state index contributed by atoms with van der Waals surface area (Å²) in [6, 6.07) is 0. The highest BCUT2D eigenvalue weighted by Crippen LogP contribution is 2.29. The molecule has 0 bridgehead atoms. The molecule has 0 aliphatic carbocycles. The van der Waals surface area contributed by atoms with Crippen LogP contribution in [0.2, 0.25) is 0 Å². The van der Waals surface area contributed by atoms with Gasteiger partial charge in [0, 0.05) is 0 Å². The number of unbranched alkanes of at least 4 members (excludes halogenated alkanes) is 4. The molecule has 0 rings (SSSR count). The van der Waals surface area contributed by atoms with E-state index in [1.54, 1.807) is 0 Å². The van der Waals surface area contributed by atoms with Gasteiger partial charge in [-0.3, -0.25) is 0 Å². The van der Waals surface area contributed by atoms with Gasteiger partial charge in [-0.05, 0) is 19.3 Å². The maximum absolute atomic E-state index is 13.6. The second-order valence-corrected chi connectivity index (χ2v) is 5.49. The summed E-state index contributed by atoms with van der Waals surface area (Å²) in [5.41, 5.74) is 0. The third kappa shape index (κ3) is 4.93. The zero-order chi connectivity index (χ0) is 11.9. The lowest BCUT2D eigenvalue weighted by molar-refractivity contribution is 0.213. The molecular formula is C10H20FO3S-. The molecule has 0 fully saturated rings. The molecule has 15 heavy (non-hydrogen) atoms. The highest BCUT2D eigenvalue weighted by atomic mass is 32.2. The van der Waals surface area contributed by atoms with Crippen molar-refractivity contribution in [2.75, 3.05) is 0 Å². The van der Waals surface area contributed by atoms with Crippen LogP contribution in [0.1, 0.15) is 58.8 Å². The van der Waals surface area contributed by atoms with Gasteiger partial charge in [0.05, 0.1) is 0 Å². The summed E-state index contributed by atoms with van der Waals surface area (Å²) in [5.74, 6) is 0. The van der Waals surface area contributed by atoms with Gasteiger partial charge in [0.25, 0.3) is 0 Å². The molecule has 1 atom stereocenters. The van der Waals surface area contributed by atoms with Crippen molar-refractivity contribution in [1.82, 2.24) is 0 Å². The van der Waals surface area contributed by atoms with Crippen LogP contribution in [-0.2, 0) is 10.1 Å². The second kappa shape index (κ2) is 6.43.